The lowest BCUT2D eigenvalue weighted by Gasteiger charge is -2.23. The summed E-state index contributed by atoms with van der Waals surface area (Å²) in [5, 5.41) is 10.3. The molecule has 8 nitrogen and oxygen atoms in total. The molecule has 1 aromatic carbocycles. The fourth-order valence-corrected chi connectivity index (χ4v) is 4.85. The van der Waals surface area contributed by atoms with Gasteiger partial charge in [-0.3, -0.25) is 4.90 Å². The van der Waals surface area contributed by atoms with Crippen LogP contribution in [0.3, 0.4) is 0 Å². The predicted octanol–water partition coefficient (Wildman–Crippen LogP) is 4.39. The number of nitrogens with two attached hydrogens (primary N) is 1. The number of nitrogens with zero attached hydrogens (tertiary/aromatic N) is 4. The monoisotopic (exact) mass is 438 g/mol. The summed E-state index contributed by atoms with van der Waals surface area (Å²) in [6.45, 7) is 8.25. The van der Waals surface area contributed by atoms with Crippen molar-refractivity contribution in [2.75, 3.05) is 47.9 Å². The number of benzene rings is 1. The first-order valence-electron chi connectivity index (χ1n) is 12.2. The second-order valence-corrected chi connectivity index (χ2v) is 9.19. The van der Waals surface area contributed by atoms with Crippen LogP contribution in [0.25, 0.3) is 0 Å². The Morgan fingerprint density at radius 1 is 0.938 bits per heavy atom. The minimum absolute atomic E-state index is 0.534. The summed E-state index contributed by atoms with van der Waals surface area (Å²) in [5.41, 5.74) is 8.69. The average Bonchev–Trinajstić information content (AvgIpc) is 3.27. The molecule has 1 aliphatic heterocycles. The normalized spacial score (nSPS) is 19.8. The third-order valence-electron chi connectivity index (χ3n) is 6.84. The molecular weight excluding hydrogens is 400 g/mol. The first-order valence-corrected chi connectivity index (χ1v) is 12.2. The highest BCUT2D eigenvalue weighted by Gasteiger charge is 2.23. The number of nitrogen functional groups attached to an aromatic ring is 1. The topological polar surface area (TPSA) is 104 Å². The van der Waals surface area contributed by atoms with Crippen molar-refractivity contribution in [3.63, 3.8) is 0 Å². The molecule has 1 aromatic heterocycles. The van der Waals surface area contributed by atoms with Gasteiger partial charge in [0.15, 0.2) is 0 Å². The number of nitrogens with one attached hydrogen (secondary N) is 3. The Morgan fingerprint density at radius 3 is 2.38 bits per heavy atom. The number of likely N-dealkylation sites (N-methyl/N-ethyl adjacent to an activating group) is 1. The largest absolute Gasteiger partial charge is 0.399 e. The van der Waals surface area contributed by atoms with E-state index >= 15 is 0 Å². The second kappa shape index (κ2) is 10.8. The van der Waals surface area contributed by atoms with Crippen molar-refractivity contribution in [1.29, 1.82) is 0 Å². The van der Waals surface area contributed by atoms with E-state index in [1.807, 2.05) is 25.1 Å². The molecule has 32 heavy (non-hydrogen) atoms. The number of aromatic nitrogens is 3. The lowest BCUT2D eigenvalue weighted by atomic mass is 9.89. The van der Waals surface area contributed by atoms with Gasteiger partial charge in [0.05, 0.1) is 0 Å². The van der Waals surface area contributed by atoms with Gasteiger partial charge < -0.3 is 21.7 Å². The summed E-state index contributed by atoms with van der Waals surface area (Å²) in [5.74, 6) is 2.48. The van der Waals surface area contributed by atoms with Crippen LogP contribution in [0.5, 0.6) is 0 Å². The zero-order valence-corrected chi connectivity index (χ0v) is 19.5. The maximum Gasteiger partial charge on any atom is 0.233 e. The van der Waals surface area contributed by atoms with Crippen molar-refractivity contribution in [3.8, 4) is 0 Å². The predicted molar refractivity (Wildman–Crippen MR) is 133 cm³/mol. The van der Waals surface area contributed by atoms with Gasteiger partial charge in [0.25, 0.3) is 0 Å². The standard InChI is InChI=1S/C24H38N8/c1-3-32-13-7-10-20(32)16-27-23-29-22(26-15-18-8-5-4-6-9-18)30-24(31-23)28-19-11-12-21(25)17(2)14-19/h11-12,14,18,20H,3-10,13,15-16,25H2,1-2H3,(H3,26,27,28,29,30,31). The number of likely N-dealkylation sites (tertiary alicyclic amines) is 1. The molecule has 8 heteroatoms. The molecule has 0 bridgehead atoms. The van der Waals surface area contributed by atoms with Crippen molar-refractivity contribution in [3.05, 3.63) is 23.8 Å². The molecule has 0 spiro atoms. The van der Waals surface area contributed by atoms with Crippen LogP contribution < -0.4 is 21.7 Å². The molecule has 5 N–H and O–H groups in total. The molecule has 174 valence electrons. The SMILES string of the molecule is CCN1CCCC1CNc1nc(NCC2CCCCC2)nc(Nc2ccc(N)c(C)c2)n1. The fourth-order valence-electron chi connectivity index (χ4n) is 4.85. The van der Waals surface area contributed by atoms with E-state index in [2.05, 4.69) is 42.7 Å². The molecule has 1 saturated carbocycles. The second-order valence-electron chi connectivity index (χ2n) is 9.19. The van der Waals surface area contributed by atoms with Gasteiger partial charge in [0, 0.05) is 30.5 Å². The van der Waals surface area contributed by atoms with Crippen LogP contribution in [0.15, 0.2) is 18.2 Å². The van der Waals surface area contributed by atoms with Gasteiger partial charge in [0.1, 0.15) is 0 Å². The van der Waals surface area contributed by atoms with Gasteiger partial charge in [-0.05, 0) is 75.4 Å². The maximum absolute atomic E-state index is 5.97. The first kappa shape index (κ1) is 22.6. The molecule has 0 amide bonds. The quantitative estimate of drug-likeness (QED) is 0.427. The average molecular weight is 439 g/mol. The van der Waals surface area contributed by atoms with Crippen LogP contribution in [0.1, 0.15) is 57.4 Å². The molecular formula is C24H38N8. The summed E-state index contributed by atoms with van der Waals surface area (Å²) in [4.78, 5) is 16.5. The zero-order chi connectivity index (χ0) is 22.3. The van der Waals surface area contributed by atoms with E-state index < -0.39 is 0 Å². The highest BCUT2D eigenvalue weighted by Crippen LogP contribution is 2.25. The third kappa shape index (κ3) is 6.00. The van der Waals surface area contributed by atoms with Crippen molar-refractivity contribution in [2.24, 2.45) is 5.92 Å². The van der Waals surface area contributed by atoms with E-state index in [0.29, 0.717) is 29.8 Å². The van der Waals surface area contributed by atoms with Crippen molar-refractivity contribution in [2.45, 2.75) is 64.8 Å². The molecule has 0 radical (unpaired) electrons. The Balaban J connectivity index is 1.47. The third-order valence-corrected chi connectivity index (χ3v) is 6.84. The van der Waals surface area contributed by atoms with Crippen molar-refractivity contribution < 1.29 is 0 Å². The summed E-state index contributed by atoms with van der Waals surface area (Å²) in [6, 6.07) is 6.40. The smallest absolute Gasteiger partial charge is 0.233 e. The van der Waals surface area contributed by atoms with Crippen molar-refractivity contribution >= 4 is 29.2 Å². The van der Waals surface area contributed by atoms with E-state index in [1.54, 1.807) is 0 Å². The van der Waals surface area contributed by atoms with E-state index in [-0.39, 0.29) is 0 Å². The molecule has 1 saturated heterocycles. The van der Waals surface area contributed by atoms with Gasteiger partial charge in [-0.15, -0.1) is 0 Å². The van der Waals surface area contributed by atoms with Gasteiger partial charge >= 0.3 is 0 Å². The Labute approximate surface area is 191 Å². The van der Waals surface area contributed by atoms with E-state index in [0.717, 1.165) is 36.6 Å². The summed E-state index contributed by atoms with van der Waals surface area (Å²) < 4.78 is 0. The van der Waals surface area contributed by atoms with E-state index in [9.17, 15) is 0 Å². The van der Waals surface area contributed by atoms with Crippen LogP contribution in [0.2, 0.25) is 0 Å². The number of hydrogen-bond acceptors (Lipinski definition) is 8. The minimum Gasteiger partial charge on any atom is -0.399 e. The Bertz CT molecular complexity index is 880. The molecule has 2 aromatic rings. The summed E-state index contributed by atoms with van der Waals surface area (Å²) in [6.07, 6.45) is 9.07. The maximum atomic E-state index is 5.97. The highest BCUT2D eigenvalue weighted by molar-refractivity contribution is 5.61. The highest BCUT2D eigenvalue weighted by atomic mass is 15.3. The fraction of sp³-hybridized carbons (Fsp3) is 0.625. The summed E-state index contributed by atoms with van der Waals surface area (Å²) >= 11 is 0. The van der Waals surface area contributed by atoms with Crippen LogP contribution in [0.4, 0.5) is 29.2 Å². The number of rotatable bonds is 9. The van der Waals surface area contributed by atoms with Crippen LogP contribution in [0, 0.1) is 12.8 Å². The number of hydrogen-bond donors (Lipinski definition) is 4. The van der Waals surface area contributed by atoms with Crippen molar-refractivity contribution in [1.82, 2.24) is 19.9 Å². The zero-order valence-electron chi connectivity index (χ0n) is 19.5. The molecule has 2 aliphatic rings. The first-order chi connectivity index (χ1) is 15.6. The Hall–Kier alpha value is -2.61. The van der Waals surface area contributed by atoms with E-state index in [4.69, 9.17) is 5.73 Å². The van der Waals surface area contributed by atoms with Crippen LogP contribution >= 0.6 is 0 Å². The van der Waals surface area contributed by atoms with Crippen LogP contribution in [-0.2, 0) is 0 Å². The number of aryl methyl sites for hydroxylation is 1. The Morgan fingerprint density at radius 2 is 1.66 bits per heavy atom. The van der Waals surface area contributed by atoms with E-state index in [1.165, 1.54) is 51.5 Å². The van der Waals surface area contributed by atoms with Gasteiger partial charge in [-0.1, -0.05) is 26.2 Å². The minimum atomic E-state index is 0.534. The van der Waals surface area contributed by atoms with Gasteiger partial charge in [0.2, 0.25) is 17.8 Å². The van der Waals surface area contributed by atoms with Crippen LogP contribution in [-0.4, -0.2) is 52.1 Å². The number of anilines is 5. The lowest BCUT2D eigenvalue weighted by molar-refractivity contribution is 0.277. The molecule has 1 aliphatic carbocycles. The molecule has 4 rings (SSSR count). The molecule has 1 unspecified atom stereocenters. The molecule has 1 atom stereocenters. The molecule has 2 fully saturated rings. The summed E-state index contributed by atoms with van der Waals surface area (Å²) in [7, 11) is 0. The van der Waals surface area contributed by atoms with Gasteiger partial charge in [-0.25, -0.2) is 0 Å². The Kier molecular flexibility index (Phi) is 7.63. The van der Waals surface area contributed by atoms with Gasteiger partial charge in [-0.2, -0.15) is 15.0 Å². The molecule has 2 heterocycles. The lowest BCUT2D eigenvalue weighted by Crippen LogP contribution is -2.35.